The average Bonchev–Trinajstić information content (AvgIpc) is 2.18. The molecule has 0 aliphatic carbocycles. The van der Waals surface area contributed by atoms with Gasteiger partial charge in [0.25, 0.3) is 0 Å². The second-order valence-corrected chi connectivity index (χ2v) is 3.87. The Bertz CT molecular complexity index is 242. The molecule has 0 aromatic rings. The van der Waals surface area contributed by atoms with Crippen LogP contribution in [0.4, 0.5) is 0 Å². The Hall–Kier alpha value is -1.10. The molecule has 0 aromatic heterocycles. The molecule has 0 aromatic carbocycles. The Kier molecular flexibility index (Phi) is 6.72. The number of carboxylic acids is 1. The van der Waals surface area contributed by atoms with Crippen LogP contribution in [-0.2, 0) is 14.3 Å². The highest BCUT2D eigenvalue weighted by Crippen LogP contribution is 2.12. The van der Waals surface area contributed by atoms with E-state index >= 15 is 0 Å². The van der Waals surface area contributed by atoms with Crippen LogP contribution in [-0.4, -0.2) is 35.7 Å². The van der Waals surface area contributed by atoms with Crippen molar-refractivity contribution in [2.45, 2.75) is 45.6 Å². The highest BCUT2D eigenvalue weighted by atomic mass is 16.5. The SMILES string of the molecule is CCCC(C)(NCCC(=O)OCC)C(=O)O. The van der Waals surface area contributed by atoms with Crippen molar-refractivity contribution in [3.63, 3.8) is 0 Å². The smallest absolute Gasteiger partial charge is 0.323 e. The molecular weight excluding hydrogens is 210 g/mol. The summed E-state index contributed by atoms with van der Waals surface area (Å²) >= 11 is 0. The largest absolute Gasteiger partial charge is 0.480 e. The maximum atomic E-state index is 11.0. The van der Waals surface area contributed by atoms with Gasteiger partial charge in [0, 0.05) is 6.54 Å². The molecule has 0 amide bonds. The molecule has 94 valence electrons. The lowest BCUT2D eigenvalue weighted by atomic mass is 9.96. The third-order valence-electron chi connectivity index (χ3n) is 2.37. The Balaban J connectivity index is 4.03. The third-order valence-corrected chi connectivity index (χ3v) is 2.37. The van der Waals surface area contributed by atoms with E-state index in [0.29, 0.717) is 19.6 Å². The van der Waals surface area contributed by atoms with Crippen LogP contribution in [0.1, 0.15) is 40.0 Å². The van der Waals surface area contributed by atoms with Crippen molar-refractivity contribution >= 4 is 11.9 Å². The Morgan fingerprint density at radius 2 is 2.00 bits per heavy atom. The summed E-state index contributed by atoms with van der Waals surface area (Å²) in [5, 5.41) is 11.9. The van der Waals surface area contributed by atoms with E-state index in [0.717, 1.165) is 6.42 Å². The van der Waals surface area contributed by atoms with Crippen LogP contribution < -0.4 is 5.32 Å². The van der Waals surface area contributed by atoms with Crippen LogP contribution in [0.25, 0.3) is 0 Å². The number of carbonyl (C=O) groups excluding carboxylic acids is 1. The number of nitrogens with one attached hydrogen (secondary N) is 1. The van der Waals surface area contributed by atoms with Gasteiger partial charge in [0.15, 0.2) is 0 Å². The Labute approximate surface area is 96.2 Å². The highest BCUT2D eigenvalue weighted by Gasteiger charge is 2.31. The predicted octanol–water partition coefficient (Wildman–Crippen LogP) is 1.17. The summed E-state index contributed by atoms with van der Waals surface area (Å²) in [5.74, 6) is -1.20. The van der Waals surface area contributed by atoms with Crippen molar-refractivity contribution in [3.05, 3.63) is 0 Å². The molecule has 16 heavy (non-hydrogen) atoms. The first-order valence-electron chi connectivity index (χ1n) is 5.60. The van der Waals surface area contributed by atoms with Crippen LogP contribution in [0.3, 0.4) is 0 Å². The molecule has 0 radical (unpaired) electrons. The lowest BCUT2D eigenvalue weighted by molar-refractivity contribution is -0.146. The van der Waals surface area contributed by atoms with Crippen LogP contribution in [0.5, 0.6) is 0 Å². The van der Waals surface area contributed by atoms with Gasteiger partial charge in [0.2, 0.25) is 0 Å². The number of hydrogen-bond donors (Lipinski definition) is 2. The summed E-state index contributed by atoms with van der Waals surface area (Å²) in [4.78, 5) is 22.1. The first-order valence-corrected chi connectivity index (χ1v) is 5.60. The summed E-state index contributed by atoms with van der Waals surface area (Å²) < 4.78 is 4.75. The van der Waals surface area contributed by atoms with Gasteiger partial charge < -0.3 is 15.2 Å². The fourth-order valence-electron chi connectivity index (χ4n) is 1.44. The fraction of sp³-hybridized carbons (Fsp3) is 0.818. The van der Waals surface area contributed by atoms with Gasteiger partial charge >= 0.3 is 11.9 Å². The zero-order valence-electron chi connectivity index (χ0n) is 10.2. The van der Waals surface area contributed by atoms with Gasteiger partial charge in [-0.2, -0.15) is 0 Å². The number of aliphatic carboxylic acids is 1. The average molecular weight is 231 g/mol. The molecule has 0 heterocycles. The van der Waals surface area contributed by atoms with Gasteiger partial charge in [-0.3, -0.25) is 9.59 Å². The zero-order valence-corrected chi connectivity index (χ0v) is 10.2. The van der Waals surface area contributed by atoms with E-state index in [2.05, 4.69) is 5.32 Å². The molecule has 0 aliphatic heterocycles. The summed E-state index contributed by atoms with van der Waals surface area (Å²) in [5.41, 5.74) is -0.957. The summed E-state index contributed by atoms with van der Waals surface area (Å²) in [7, 11) is 0. The normalized spacial score (nSPS) is 14.2. The number of rotatable bonds is 8. The van der Waals surface area contributed by atoms with Crippen molar-refractivity contribution in [2.75, 3.05) is 13.2 Å². The molecule has 0 fully saturated rings. The van der Waals surface area contributed by atoms with E-state index in [1.807, 2.05) is 6.92 Å². The maximum absolute atomic E-state index is 11.0. The minimum Gasteiger partial charge on any atom is -0.480 e. The minimum absolute atomic E-state index is 0.195. The molecule has 5 nitrogen and oxygen atoms in total. The van der Waals surface area contributed by atoms with E-state index in [1.165, 1.54) is 0 Å². The van der Waals surface area contributed by atoms with Crippen LogP contribution in [0.15, 0.2) is 0 Å². The molecule has 0 rings (SSSR count). The topological polar surface area (TPSA) is 75.6 Å². The molecule has 1 unspecified atom stereocenters. The van der Waals surface area contributed by atoms with Crippen molar-refractivity contribution in [1.82, 2.24) is 5.32 Å². The Morgan fingerprint density at radius 3 is 2.44 bits per heavy atom. The number of ether oxygens (including phenoxy) is 1. The minimum atomic E-state index is -0.957. The van der Waals surface area contributed by atoms with Crippen LogP contribution in [0, 0.1) is 0 Å². The molecule has 0 saturated carbocycles. The summed E-state index contributed by atoms with van der Waals surface area (Å²) in [6, 6.07) is 0. The number of carbonyl (C=O) groups is 2. The zero-order chi connectivity index (χ0) is 12.6. The molecule has 0 bridgehead atoms. The van der Waals surface area contributed by atoms with Crippen LogP contribution in [0.2, 0.25) is 0 Å². The molecule has 0 spiro atoms. The van der Waals surface area contributed by atoms with Gasteiger partial charge in [-0.1, -0.05) is 13.3 Å². The third kappa shape index (κ3) is 5.11. The van der Waals surface area contributed by atoms with E-state index in [9.17, 15) is 9.59 Å². The standard InChI is InChI=1S/C11H21NO4/c1-4-7-11(3,10(14)15)12-8-6-9(13)16-5-2/h12H,4-8H2,1-3H3,(H,14,15). The summed E-state index contributed by atoms with van der Waals surface area (Å²) in [6.07, 6.45) is 1.50. The maximum Gasteiger partial charge on any atom is 0.323 e. The molecule has 1 atom stereocenters. The number of hydrogen-bond acceptors (Lipinski definition) is 4. The van der Waals surface area contributed by atoms with E-state index in [1.54, 1.807) is 13.8 Å². The lowest BCUT2D eigenvalue weighted by Crippen LogP contribution is -2.50. The van der Waals surface area contributed by atoms with Crippen molar-refractivity contribution in [1.29, 1.82) is 0 Å². The van der Waals surface area contributed by atoms with Gasteiger partial charge in [-0.25, -0.2) is 0 Å². The molecular formula is C11H21NO4. The predicted molar refractivity (Wildman–Crippen MR) is 60.2 cm³/mol. The monoisotopic (exact) mass is 231 g/mol. The van der Waals surface area contributed by atoms with E-state index < -0.39 is 11.5 Å². The Morgan fingerprint density at radius 1 is 1.38 bits per heavy atom. The summed E-state index contributed by atoms with van der Waals surface area (Å²) in [6.45, 7) is 5.97. The van der Waals surface area contributed by atoms with Crippen molar-refractivity contribution in [2.24, 2.45) is 0 Å². The van der Waals surface area contributed by atoms with Crippen molar-refractivity contribution < 1.29 is 19.4 Å². The fourth-order valence-corrected chi connectivity index (χ4v) is 1.44. The van der Waals surface area contributed by atoms with Gasteiger partial charge in [0.05, 0.1) is 13.0 Å². The highest BCUT2D eigenvalue weighted by molar-refractivity contribution is 5.78. The van der Waals surface area contributed by atoms with E-state index in [-0.39, 0.29) is 12.4 Å². The van der Waals surface area contributed by atoms with Crippen LogP contribution >= 0.6 is 0 Å². The first kappa shape index (κ1) is 14.9. The van der Waals surface area contributed by atoms with Gasteiger partial charge in [-0.15, -0.1) is 0 Å². The number of carboxylic acid groups (broad SMARTS) is 1. The van der Waals surface area contributed by atoms with E-state index in [4.69, 9.17) is 9.84 Å². The molecule has 0 saturated heterocycles. The van der Waals surface area contributed by atoms with Gasteiger partial charge in [0.1, 0.15) is 5.54 Å². The van der Waals surface area contributed by atoms with Crippen molar-refractivity contribution in [3.8, 4) is 0 Å². The first-order chi connectivity index (χ1) is 7.46. The second-order valence-electron chi connectivity index (χ2n) is 3.87. The lowest BCUT2D eigenvalue weighted by Gasteiger charge is -2.25. The van der Waals surface area contributed by atoms with Gasteiger partial charge in [-0.05, 0) is 20.3 Å². The second kappa shape index (κ2) is 7.22. The quantitative estimate of drug-likeness (QED) is 0.613. The molecule has 2 N–H and O–H groups in total. The molecule has 0 aliphatic rings. The number of esters is 1. The molecule has 5 heteroatoms.